The van der Waals surface area contributed by atoms with E-state index in [9.17, 15) is 9.18 Å². The van der Waals surface area contributed by atoms with Gasteiger partial charge in [0.2, 0.25) is 5.95 Å². The molecule has 5 heteroatoms. The molecule has 16 heavy (non-hydrogen) atoms. The Morgan fingerprint density at radius 2 is 2.06 bits per heavy atom. The molecule has 4 nitrogen and oxygen atoms in total. The van der Waals surface area contributed by atoms with Crippen molar-refractivity contribution in [1.82, 2.24) is 9.97 Å². The molecule has 0 saturated heterocycles. The summed E-state index contributed by atoms with van der Waals surface area (Å²) in [7, 11) is 0. The Hall–Kier alpha value is -2.30. The van der Waals surface area contributed by atoms with E-state index >= 15 is 0 Å². The zero-order chi connectivity index (χ0) is 11.5. The fraction of sp³-hybridized carbons (Fsp3) is 0. The maximum absolute atomic E-state index is 12.6. The normalized spacial score (nSPS) is 10.1. The van der Waals surface area contributed by atoms with Gasteiger partial charge in [-0.2, -0.15) is 4.39 Å². The minimum Gasteiger partial charge on any atom is -0.477 e. The topological polar surface area (TPSA) is 63.1 Å². The smallest absolute Gasteiger partial charge is 0.354 e. The minimum atomic E-state index is -1.10. The maximum atomic E-state index is 12.6. The SMILES string of the molecule is O=C(O)c1cccc(-c2ccc(F)nc2)n1. The van der Waals surface area contributed by atoms with Crippen LogP contribution in [0.25, 0.3) is 11.3 Å². The summed E-state index contributed by atoms with van der Waals surface area (Å²) in [6, 6.07) is 7.31. The van der Waals surface area contributed by atoms with Crippen LogP contribution in [-0.2, 0) is 0 Å². The number of rotatable bonds is 2. The lowest BCUT2D eigenvalue weighted by molar-refractivity contribution is 0.0690. The molecule has 80 valence electrons. The molecule has 2 heterocycles. The van der Waals surface area contributed by atoms with Crippen LogP contribution >= 0.6 is 0 Å². The van der Waals surface area contributed by atoms with Gasteiger partial charge in [-0.05, 0) is 24.3 Å². The Morgan fingerprint density at radius 1 is 1.25 bits per heavy atom. The van der Waals surface area contributed by atoms with Gasteiger partial charge in [0.1, 0.15) is 5.69 Å². The van der Waals surface area contributed by atoms with Gasteiger partial charge in [0.25, 0.3) is 0 Å². The molecule has 0 aromatic carbocycles. The van der Waals surface area contributed by atoms with Crippen molar-refractivity contribution in [3.8, 4) is 11.3 Å². The summed E-state index contributed by atoms with van der Waals surface area (Å²) in [5, 5.41) is 8.76. The van der Waals surface area contributed by atoms with Crippen LogP contribution < -0.4 is 0 Å². The predicted octanol–water partition coefficient (Wildman–Crippen LogP) is 1.98. The van der Waals surface area contributed by atoms with Gasteiger partial charge in [-0.25, -0.2) is 14.8 Å². The average Bonchev–Trinajstić information content (AvgIpc) is 2.30. The first-order chi connectivity index (χ1) is 7.66. The highest BCUT2D eigenvalue weighted by Gasteiger charge is 2.06. The van der Waals surface area contributed by atoms with Crippen molar-refractivity contribution in [2.24, 2.45) is 0 Å². The number of aromatic carboxylic acids is 1. The second-order valence-corrected chi connectivity index (χ2v) is 3.08. The summed E-state index contributed by atoms with van der Waals surface area (Å²) in [5.74, 6) is -1.69. The molecule has 0 aliphatic carbocycles. The number of nitrogens with zero attached hydrogens (tertiary/aromatic N) is 2. The molecule has 2 aromatic rings. The lowest BCUT2D eigenvalue weighted by Crippen LogP contribution is -2.00. The maximum Gasteiger partial charge on any atom is 0.354 e. The number of hydrogen-bond acceptors (Lipinski definition) is 3. The van der Waals surface area contributed by atoms with E-state index < -0.39 is 11.9 Å². The fourth-order valence-electron chi connectivity index (χ4n) is 1.24. The zero-order valence-electron chi connectivity index (χ0n) is 8.09. The van der Waals surface area contributed by atoms with Crippen molar-refractivity contribution < 1.29 is 14.3 Å². The van der Waals surface area contributed by atoms with Gasteiger partial charge in [0.05, 0.1) is 5.69 Å². The molecule has 0 fully saturated rings. The van der Waals surface area contributed by atoms with E-state index in [1.165, 1.54) is 24.4 Å². The van der Waals surface area contributed by atoms with Crippen LogP contribution in [0, 0.1) is 5.95 Å². The summed E-state index contributed by atoms with van der Waals surface area (Å²) in [6.07, 6.45) is 1.31. The Balaban J connectivity index is 2.44. The van der Waals surface area contributed by atoms with Crippen LogP contribution in [0.5, 0.6) is 0 Å². The molecule has 2 rings (SSSR count). The molecular formula is C11H7FN2O2. The molecule has 0 unspecified atom stereocenters. The van der Waals surface area contributed by atoms with Crippen molar-refractivity contribution >= 4 is 5.97 Å². The molecule has 0 radical (unpaired) electrons. The molecular weight excluding hydrogens is 211 g/mol. The van der Waals surface area contributed by atoms with E-state index in [0.29, 0.717) is 11.3 Å². The van der Waals surface area contributed by atoms with Gasteiger partial charge >= 0.3 is 5.97 Å². The number of pyridine rings is 2. The van der Waals surface area contributed by atoms with Gasteiger partial charge in [0.15, 0.2) is 0 Å². The van der Waals surface area contributed by atoms with Crippen molar-refractivity contribution in [2.75, 3.05) is 0 Å². The summed E-state index contributed by atoms with van der Waals surface area (Å²) in [5.41, 5.74) is 0.971. The van der Waals surface area contributed by atoms with Crippen LogP contribution in [0.2, 0.25) is 0 Å². The van der Waals surface area contributed by atoms with Crippen LogP contribution in [0.1, 0.15) is 10.5 Å². The number of carbonyl (C=O) groups is 1. The quantitative estimate of drug-likeness (QED) is 0.783. The standard InChI is InChI=1S/C11H7FN2O2/c12-10-5-4-7(6-13-10)8-2-1-3-9(14-8)11(15)16/h1-6H,(H,15,16). The van der Waals surface area contributed by atoms with E-state index in [-0.39, 0.29) is 5.69 Å². The number of hydrogen-bond donors (Lipinski definition) is 1. The highest BCUT2D eigenvalue weighted by molar-refractivity contribution is 5.86. The molecule has 0 spiro atoms. The molecule has 0 atom stereocenters. The lowest BCUT2D eigenvalue weighted by atomic mass is 10.2. The van der Waals surface area contributed by atoms with E-state index in [2.05, 4.69) is 9.97 Å². The van der Waals surface area contributed by atoms with Crippen molar-refractivity contribution in [1.29, 1.82) is 0 Å². The van der Waals surface area contributed by atoms with E-state index in [0.717, 1.165) is 0 Å². The average molecular weight is 218 g/mol. The number of halogens is 1. The second kappa shape index (κ2) is 4.06. The van der Waals surface area contributed by atoms with Gasteiger partial charge in [-0.1, -0.05) is 6.07 Å². The van der Waals surface area contributed by atoms with Crippen molar-refractivity contribution in [2.45, 2.75) is 0 Å². The van der Waals surface area contributed by atoms with Gasteiger partial charge in [-0.15, -0.1) is 0 Å². The molecule has 1 N–H and O–H groups in total. The third-order valence-electron chi connectivity index (χ3n) is 1.99. The fourth-order valence-corrected chi connectivity index (χ4v) is 1.24. The molecule has 0 aliphatic rings. The minimum absolute atomic E-state index is 0.0539. The Bertz CT molecular complexity index is 526. The van der Waals surface area contributed by atoms with Crippen LogP contribution in [-0.4, -0.2) is 21.0 Å². The number of carboxylic acid groups (broad SMARTS) is 1. The summed E-state index contributed by atoms with van der Waals surface area (Å²) >= 11 is 0. The first-order valence-electron chi connectivity index (χ1n) is 4.49. The summed E-state index contributed by atoms with van der Waals surface area (Å²) in [6.45, 7) is 0. The monoisotopic (exact) mass is 218 g/mol. The van der Waals surface area contributed by atoms with Crippen LogP contribution in [0.15, 0.2) is 36.5 Å². The third-order valence-corrected chi connectivity index (χ3v) is 1.99. The first-order valence-corrected chi connectivity index (χ1v) is 4.49. The molecule has 0 amide bonds. The van der Waals surface area contributed by atoms with Crippen molar-refractivity contribution in [3.63, 3.8) is 0 Å². The van der Waals surface area contributed by atoms with Gasteiger partial charge in [-0.3, -0.25) is 0 Å². The summed E-state index contributed by atoms with van der Waals surface area (Å²) in [4.78, 5) is 18.1. The second-order valence-electron chi connectivity index (χ2n) is 3.08. The van der Waals surface area contributed by atoms with E-state index in [1.54, 1.807) is 12.1 Å². The highest BCUT2D eigenvalue weighted by atomic mass is 19.1. The Kier molecular flexibility index (Phi) is 2.59. The Morgan fingerprint density at radius 3 is 2.69 bits per heavy atom. The first kappa shape index (κ1) is 10.2. The zero-order valence-corrected chi connectivity index (χ0v) is 8.09. The number of aromatic nitrogens is 2. The predicted molar refractivity (Wildman–Crippen MR) is 54.4 cm³/mol. The van der Waals surface area contributed by atoms with Crippen molar-refractivity contribution in [3.05, 3.63) is 48.2 Å². The van der Waals surface area contributed by atoms with Gasteiger partial charge in [0, 0.05) is 11.8 Å². The Labute approximate surface area is 90.4 Å². The van der Waals surface area contributed by atoms with Gasteiger partial charge < -0.3 is 5.11 Å². The van der Waals surface area contributed by atoms with Crippen LogP contribution in [0.3, 0.4) is 0 Å². The van der Waals surface area contributed by atoms with Crippen LogP contribution in [0.4, 0.5) is 4.39 Å². The highest BCUT2D eigenvalue weighted by Crippen LogP contribution is 2.16. The number of carboxylic acids is 1. The van der Waals surface area contributed by atoms with E-state index in [1.807, 2.05) is 0 Å². The lowest BCUT2D eigenvalue weighted by Gasteiger charge is -2.01. The third kappa shape index (κ3) is 2.03. The van der Waals surface area contributed by atoms with E-state index in [4.69, 9.17) is 5.11 Å². The molecule has 0 aliphatic heterocycles. The molecule has 2 aromatic heterocycles. The molecule has 0 saturated carbocycles. The summed E-state index contributed by atoms with van der Waals surface area (Å²) < 4.78 is 12.6. The largest absolute Gasteiger partial charge is 0.477 e. The molecule has 0 bridgehead atoms.